The van der Waals surface area contributed by atoms with Gasteiger partial charge in [0.1, 0.15) is 18.7 Å². The lowest BCUT2D eigenvalue weighted by atomic mass is 10.2. The van der Waals surface area contributed by atoms with Gasteiger partial charge in [0.15, 0.2) is 17.0 Å². The van der Waals surface area contributed by atoms with Crippen LogP contribution in [-0.2, 0) is 9.47 Å². The smallest absolute Gasteiger partial charge is 0.256 e. The first-order valence-electron chi connectivity index (χ1n) is 9.50. The van der Waals surface area contributed by atoms with E-state index in [1.165, 1.54) is 6.33 Å². The molecule has 1 aromatic carbocycles. The molecule has 3 aromatic rings. The van der Waals surface area contributed by atoms with Crippen LogP contribution in [0.2, 0.25) is 0 Å². The SMILES string of the molecule is N#CCCOC1C[C@H](n2cnc3c(NC(=O)c4ccccc4)ncnc32)O[C@@H]1CO. The molecule has 154 valence electrons. The minimum absolute atomic E-state index is 0.201. The molecule has 1 unspecified atom stereocenters. The van der Waals surface area contributed by atoms with Gasteiger partial charge in [-0.15, -0.1) is 0 Å². The van der Waals surface area contributed by atoms with E-state index in [1.54, 1.807) is 35.2 Å². The van der Waals surface area contributed by atoms with E-state index in [9.17, 15) is 9.90 Å². The summed E-state index contributed by atoms with van der Waals surface area (Å²) < 4.78 is 13.3. The number of nitriles is 1. The van der Waals surface area contributed by atoms with E-state index in [0.717, 1.165) is 0 Å². The molecule has 1 amide bonds. The van der Waals surface area contributed by atoms with Gasteiger partial charge in [-0.1, -0.05) is 18.2 Å². The van der Waals surface area contributed by atoms with E-state index < -0.39 is 12.3 Å². The van der Waals surface area contributed by atoms with Crippen LogP contribution in [0.15, 0.2) is 43.0 Å². The number of aromatic nitrogens is 4. The van der Waals surface area contributed by atoms with Crippen LogP contribution in [0.3, 0.4) is 0 Å². The summed E-state index contributed by atoms with van der Waals surface area (Å²) in [4.78, 5) is 25.3. The van der Waals surface area contributed by atoms with Crippen LogP contribution in [0.5, 0.6) is 0 Å². The van der Waals surface area contributed by atoms with Crippen molar-refractivity contribution >= 4 is 22.9 Å². The van der Waals surface area contributed by atoms with Crippen molar-refractivity contribution in [2.75, 3.05) is 18.5 Å². The van der Waals surface area contributed by atoms with Crippen molar-refractivity contribution in [3.63, 3.8) is 0 Å². The van der Waals surface area contributed by atoms with Crippen molar-refractivity contribution in [1.82, 2.24) is 19.5 Å². The lowest BCUT2D eigenvalue weighted by Gasteiger charge is -2.15. The third-order valence-corrected chi connectivity index (χ3v) is 4.84. The zero-order valence-electron chi connectivity index (χ0n) is 16.0. The van der Waals surface area contributed by atoms with E-state index >= 15 is 0 Å². The molecule has 1 aliphatic rings. The Morgan fingerprint density at radius 3 is 2.93 bits per heavy atom. The van der Waals surface area contributed by atoms with Gasteiger partial charge < -0.3 is 19.9 Å². The zero-order valence-corrected chi connectivity index (χ0v) is 16.0. The number of benzene rings is 1. The van der Waals surface area contributed by atoms with E-state index in [2.05, 4.69) is 20.3 Å². The molecule has 4 rings (SSSR count). The summed E-state index contributed by atoms with van der Waals surface area (Å²) in [5.74, 6) is -0.000281. The van der Waals surface area contributed by atoms with Crippen molar-refractivity contribution < 1.29 is 19.4 Å². The first-order chi connectivity index (χ1) is 14.7. The summed E-state index contributed by atoms with van der Waals surface area (Å²) in [5, 5.41) is 21.0. The second-order valence-corrected chi connectivity index (χ2v) is 6.73. The minimum Gasteiger partial charge on any atom is -0.394 e. The van der Waals surface area contributed by atoms with Gasteiger partial charge in [0.25, 0.3) is 5.91 Å². The molecule has 10 nitrogen and oxygen atoms in total. The molecule has 0 aliphatic carbocycles. The Morgan fingerprint density at radius 2 is 2.17 bits per heavy atom. The van der Waals surface area contributed by atoms with Crippen molar-refractivity contribution in [3.8, 4) is 6.07 Å². The summed E-state index contributed by atoms with van der Waals surface area (Å²) in [5.41, 5.74) is 1.43. The van der Waals surface area contributed by atoms with Gasteiger partial charge in [-0.05, 0) is 12.1 Å². The van der Waals surface area contributed by atoms with Crippen molar-refractivity contribution in [3.05, 3.63) is 48.5 Å². The summed E-state index contributed by atoms with van der Waals surface area (Å²) in [6, 6.07) is 10.8. The molecule has 30 heavy (non-hydrogen) atoms. The molecule has 0 radical (unpaired) electrons. The molecule has 2 N–H and O–H groups in total. The molecular formula is C20H20N6O4. The number of fused-ring (bicyclic) bond motifs is 1. The Morgan fingerprint density at radius 1 is 1.33 bits per heavy atom. The van der Waals surface area contributed by atoms with Gasteiger partial charge in [-0.2, -0.15) is 5.26 Å². The highest BCUT2D eigenvalue weighted by Gasteiger charge is 2.37. The highest BCUT2D eigenvalue weighted by Crippen LogP contribution is 2.33. The van der Waals surface area contributed by atoms with Gasteiger partial charge in [-0.25, -0.2) is 15.0 Å². The Kier molecular flexibility index (Phi) is 5.94. The fraction of sp³-hybridized carbons (Fsp3) is 0.350. The van der Waals surface area contributed by atoms with Crippen LogP contribution < -0.4 is 5.32 Å². The molecular weight excluding hydrogens is 388 g/mol. The molecule has 2 aromatic heterocycles. The van der Waals surface area contributed by atoms with E-state index in [0.29, 0.717) is 29.0 Å². The number of rotatable bonds is 7. The van der Waals surface area contributed by atoms with Gasteiger partial charge >= 0.3 is 0 Å². The first kappa shape index (κ1) is 19.9. The molecule has 3 atom stereocenters. The topological polar surface area (TPSA) is 135 Å². The fourth-order valence-electron chi connectivity index (χ4n) is 3.39. The predicted molar refractivity (Wildman–Crippen MR) is 105 cm³/mol. The average Bonchev–Trinajstić information content (AvgIpc) is 3.39. The molecule has 1 fully saturated rings. The monoisotopic (exact) mass is 408 g/mol. The van der Waals surface area contributed by atoms with Gasteiger partial charge in [0.05, 0.1) is 38.1 Å². The Balaban J connectivity index is 1.55. The molecule has 10 heteroatoms. The maximum Gasteiger partial charge on any atom is 0.256 e. The second kappa shape index (κ2) is 8.96. The van der Waals surface area contributed by atoms with E-state index in [4.69, 9.17) is 14.7 Å². The van der Waals surface area contributed by atoms with Crippen LogP contribution >= 0.6 is 0 Å². The Bertz CT molecular complexity index is 1060. The van der Waals surface area contributed by atoms with Gasteiger partial charge in [0.2, 0.25) is 0 Å². The number of amides is 1. The van der Waals surface area contributed by atoms with Gasteiger partial charge in [0, 0.05) is 12.0 Å². The molecule has 0 bridgehead atoms. The van der Waals surface area contributed by atoms with Crippen LogP contribution in [0.25, 0.3) is 11.2 Å². The number of carbonyl (C=O) groups is 1. The number of imidazole rings is 1. The maximum atomic E-state index is 12.5. The Labute approximate surface area is 172 Å². The summed E-state index contributed by atoms with van der Waals surface area (Å²) >= 11 is 0. The van der Waals surface area contributed by atoms with Crippen LogP contribution in [0, 0.1) is 11.3 Å². The molecule has 1 saturated heterocycles. The number of nitrogens with zero attached hydrogens (tertiary/aromatic N) is 5. The van der Waals surface area contributed by atoms with Gasteiger partial charge in [-0.3, -0.25) is 9.36 Å². The number of aliphatic hydroxyl groups excluding tert-OH is 1. The largest absolute Gasteiger partial charge is 0.394 e. The van der Waals surface area contributed by atoms with Crippen molar-refractivity contribution in [2.45, 2.75) is 31.3 Å². The highest BCUT2D eigenvalue weighted by atomic mass is 16.6. The quantitative estimate of drug-likeness (QED) is 0.564. The molecule has 3 heterocycles. The van der Waals surface area contributed by atoms with Crippen molar-refractivity contribution in [2.24, 2.45) is 0 Å². The van der Waals surface area contributed by atoms with E-state index in [1.807, 2.05) is 12.1 Å². The van der Waals surface area contributed by atoms with Crippen LogP contribution in [0.4, 0.5) is 5.82 Å². The molecule has 0 saturated carbocycles. The molecule has 0 spiro atoms. The highest BCUT2D eigenvalue weighted by molar-refractivity contribution is 6.06. The summed E-state index contributed by atoms with van der Waals surface area (Å²) in [6.07, 6.45) is 2.35. The van der Waals surface area contributed by atoms with E-state index in [-0.39, 0.29) is 31.6 Å². The number of nitrogens with one attached hydrogen (secondary N) is 1. The molecule has 1 aliphatic heterocycles. The second-order valence-electron chi connectivity index (χ2n) is 6.73. The zero-order chi connectivity index (χ0) is 20.9. The van der Waals surface area contributed by atoms with Crippen LogP contribution in [0.1, 0.15) is 29.4 Å². The average molecular weight is 408 g/mol. The number of anilines is 1. The van der Waals surface area contributed by atoms with Crippen molar-refractivity contribution in [1.29, 1.82) is 5.26 Å². The maximum absolute atomic E-state index is 12.5. The minimum atomic E-state index is -0.509. The normalized spacial score (nSPS) is 20.9. The number of carbonyl (C=O) groups excluding carboxylic acids is 1. The standard InChI is InChI=1S/C20H20N6O4/c21-7-4-8-29-14-9-16(30-15(14)10-27)26-12-24-17-18(22-11-23-19(17)26)25-20(28)13-5-2-1-3-6-13/h1-3,5-6,11-12,14-16,27H,4,8-10H2,(H,22,23,25,28)/t14?,15-,16-/m1/s1. The van der Waals surface area contributed by atoms with Crippen LogP contribution in [-0.4, -0.2) is 56.0 Å². The third-order valence-electron chi connectivity index (χ3n) is 4.84. The number of hydrogen-bond acceptors (Lipinski definition) is 8. The number of aliphatic hydroxyl groups is 1. The first-order valence-corrected chi connectivity index (χ1v) is 9.50. The lowest BCUT2D eigenvalue weighted by molar-refractivity contribution is -0.0596. The number of ether oxygens (including phenoxy) is 2. The lowest BCUT2D eigenvalue weighted by Crippen LogP contribution is -2.28. The Hall–Kier alpha value is -3.39. The summed E-state index contributed by atoms with van der Waals surface area (Å²) in [7, 11) is 0. The predicted octanol–water partition coefficient (Wildman–Crippen LogP) is 1.66. The number of hydrogen-bond donors (Lipinski definition) is 2. The summed E-state index contributed by atoms with van der Waals surface area (Å²) in [6.45, 7) is 0.0734. The third kappa shape index (κ3) is 3.99. The fourth-order valence-corrected chi connectivity index (χ4v) is 3.39.